The lowest BCUT2D eigenvalue weighted by molar-refractivity contribution is 0.0497. The fraction of sp³-hybridized carbons (Fsp3) is 0.500. The summed E-state index contributed by atoms with van der Waals surface area (Å²) >= 11 is 0. The van der Waals surface area contributed by atoms with Crippen molar-refractivity contribution in [2.45, 2.75) is 45.4 Å². The molecule has 1 unspecified atom stereocenters. The van der Waals surface area contributed by atoms with Gasteiger partial charge in [0.1, 0.15) is 0 Å². The van der Waals surface area contributed by atoms with E-state index in [0.717, 1.165) is 18.8 Å². The van der Waals surface area contributed by atoms with Crippen molar-refractivity contribution < 1.29 is 9.53 Å². The predicted octanol–water partition coefficient (Wildman–Crippen LogP) is 4.76. The van der Waals surface area contributed by atoms with Crippen LogP contribution in [-0.4, -0.2) is 12.6 Å². The highest BCUT2D eigenvalue weighted by atomic mass is 16.5. The number of carbonyl (C=O) groups excluding carboxylic acids is 1. The molecule has 1 aliphatic carbocycles. The van der Waals surface area contributed by atoms with E-state index in [1.807, 2.05) is 18.2 Å². The monoisotopic (exact) mass is 272 g/mol. The molecule has 0 spiro atoms. The van der Waals surface area contributed by atoms with Crippen LogP contribution in [0.3, 0.4) is 0 Å². The largest absolute Gasteiger partial charge is 0.462 e. The number of hydrogen-bond acceptors (Lipinski definition) is 2. The van der Waals surface area contributed by atoms with E-state index in [9.17, 15) is 4.79 Å². The fourth-order valence-corrected chi connectivity index (χ4v) is 2.41. The van der Waals surface area contributed by atoms with Gasteiger partial charge in [-0.3, -0.25) is 0 Å². The van der Waals surface area contributed by atoms with Gasteiger partial charge in [0.2, 0.25) is 0 Å². The molecule has 1 fully saturated rings. The van der Waals surface area contributed by atoms with Crippen molar-refractivity contribution in [3.8, 4) is 0 Å². The molecule has 108 valence electrons. The lowest BCUT2D eigenvalue weighted by Gasteiger charge is -2.03. The third-order valence-corrected chi connectivity index (χ3v) is 3.75. The zero-order valence-electron chi connectivity index (χ0n) is 12.3. The van der Waals surface area contributed by atoms with E-state index < -0.39 is 0 Å². The van der Waals surface area contributed by atoms with E-state index in [1.54, 1.807) is 17.7 Å². The zero-order chi connectivity index (χ0) is 14.2. The van der Waals surface area contributed by atoms with E-state index in [1.165, 1.54) is 25.7 Å². The minimum Gasteiger partial charge on any atom is -0.462 e. The molecule has 1 saturated carbocycles. The Labute approximate surface area is 121 Å². The maximum atomic E-state index is 11.7. The van der Waals surface area contributed by atoms with Gasteiger partial charge in [-0.25, -0.2) is 4.79 Å². The van der Waals surface area contributed by atoms with Crippen molar-refractivity contribution >= 4 is 5.97 Å². The SMILES string of the molecule is CCCC/C=C1/CC1CCCOC(=O)c1ccccc1. The Balaban J connectivity index is 1.57. The standard InChI is InChI=1S/C18H24O2/c1-2-3-5-11-16-14-17(16)12-8-13-20-18(19)15-9-6-4-7-10-15/h4,6-7,9-11,17H,2-3,5,8,12-14H2,1H3/b16-11-. The van der Waals surface area contributed by atoms with Crippen molar-refractivity contribution in [3.05, 3.63) is 47.5 Å². The molecule has 0 amide bonds. The first-order valence-electron chi connectivity index (χ1n) is 7.72. The summed E-state index contributed by atoms with van der Waals surface area (Å²) in [5, 5.41) is 0. The van der Waals surface area contributed by atoms with Gasteiger partial charge in [-0.1, -0.05) is 49.6 Å². The molecule has 1 aliphatic rings. The van der Waals surface area contributed by atoms with Crippen molar-refractivity contribution in [2.24, 2.45) is 5.92 Å². The Hall–Kier alpha value is -1.57. The highest BCUT2D eigenvalue weighted by Crippen LogP contribution is 2.41. The average Bonchev–Trinajstić information content (AvgIpc) is 3.23. The van der Waals surface area contributed by atoms with Gasteiger partial charge in [-0.05, 0) is 43.7 Å². The van der Waals surface area contributed by atoms with Gasteiger partial charge in [0, 0.05) is 0 Å². The molecular formula is C18H24O2. The Morgan fingerprint density at radius 3 is 2.85 bits per heavy atom. The van der Waals surface area contributed by atoms with Gasteiger partial charge >= 0.3 is 5.97 Å². The van der Waals surface area contributed by atoms with Gasteiger partial charge < -0.3 is 4.74 Å². The van der Waals surface area contributed by atoms with E-state index in [-0.39, 0.29) is 5.97 Å². The summed E-state index contributed by atoms with van der Waals surface area (Å²) in [7, 11) is 0. The molecule has 0 heterocycles. The third kappa shape index (κ3) is 4.84. The second-order valence-electron chi connectivity index (χ2n) is 5.47. The number of benzene rings is 1. The van der Waals surface area contributed by atoms with E-state index in [4.69, 9.17) is 4.74 Å². The summed E-state index contributed by atoms with van der Waals surface area (Å²) in [5.41, 5.74) is 2.26. The molecule has 1 aromatic rings. The Morgan fingerprint density at radius 1 is 1.30 bits per heavy atom. The maximum Gasteiger partial charge on any atom is 0.338 e. The highest BCUT2D eigenvalue weighted by Gasteiger charge is 2.28. The van der Waals surface area contributed by atoms with Crippen LogP contribution in [0.1, 0.15) is 55.8 Å². The minimum atomic E-state index is -0.208. The van der Waals surface area contributed by atoms with E-state index in [0.29, 0.717) is 12.2 Å². The number of rotatable bonds is 8. The van der Waals surface area contributed by atoms with Gasteiger partial charge in [0.15, 0.2) is 0 Å². The number of unbranched alkanes of at least 4 members (excludes halogenated alkanes) is 2. The van der Waals surface area contributed by atoms with Crippen molar-refractivity contribution in [1.29, 1.82) is 0 Å². The second kappa shape index (κ2) is 7.88. The van der Waals surface area contributed by atoms with Crippen LogP contribution in [0.25, 0.3) is 0 Å². The van der Waals surface area contributed by atoms with Crippen molar-refractivity contribution in [3.63, 3.8) is 0 Å². The zero-order valence-corrected chi connectivity index (χ0v) is 12.3. The van der Waals surface area contributed by atoms with Gasteiger partial charge in [0.05, 0.1) is 12.2 Å². The van der Waals surface area contributed by atoms with Gasteiger partial charge in [0.25, 0.3) is 0 Å². The van der Waals surface area contributed by atoms with Gasteiger partial charge in [-0.15, -0.1) is 0 Å². The predicted molar refractivity (Wildman–Crippen MR) is 81.7 cm³/mol. The number of esters is 1. The topological polar surface area (TPSA) is 26.3 Å². The Kier molecular flexibility index (Phi) is 5.85. The molecular weight excluding hydrogens is 248 g/mol. The maximum absolute atomic E-state index is 11.7. The molecule has 2 nitrogen and oxygen atoms in total. The van der Waals surface area contributed by atoms with Crippen LogP contribution in [0.2, 0.25) is 0 Å². The first-order valence-corrected chi connectivity index (χ1v) is 7.72. The normalized spacial score (nSPS) is 19.1. The summed E-state index contributed by atoms with van der Waals surface area (Å²) < 4.78 is 5.28. The van der Waals surface area contributed by atoms with Crippen molar-refractivity contribution in [1.82, 2.24) is 0 Å². The summed E-state index contributed by atoms with van der Waals surface area (Å²) in [5.74, 6) is 0.558. The second-order valence-corrected chi connectivity index (χ2v) is 5.47. The molecule has 0 radical (unpaired) electrons. The van der Waals surface area contributed by atoms with Crippen LogP contribution in [0, 0.1) is 5.92 Å². The molecule has 20 heavy (non-hydrogen) atoms. The molecule has 1 atom stereocenters. The highest BCUT2D eigenvalue weighted by molar-refractivity contribution is 5.89. The van der Waals surface area contributed by atoms with Crippen LogP contribution in [0.15, 0.2) is 42.0 Å². The summed E-state index contributed by atoms with van der Waals surface area (Å²) in [6, 6.07) is 9.19. The van der Waals surface area contributed by atoms with E-state index >= 15 is 0 Å². The Bertz CT molecular complexity index is 448. The van der Waals surface area contributed by atoms with Gasteiger partial charge in [-0.2, -0.15) is 0 Å². The van der Waals surface area contributed by atoms with Crippen LogP contribution >= 0.6 is 0 Å². The number of carbonyl (C=O) groups is 1. The quantitative estimate of drug-likeness (QED) is 0.387. The summed E-state index contributed by atoms with van der Waals surface area (Å²) in [6.07, 6.45) is 9.58. The molecule has 0 bridgehead atoms. The molecule has 2 heteroatoms. The molecule has 0 saturated heterocycles. The number of allylic oxidation sites excluding steroid dienone is 2. The van der Waals surface area contributed by atoms with Crippen LogP contribution in [0.5, 0.6) is 0 Å². The molecule has 0 aromatic heterocycles. The molecule has 0 N–H and O–H groups in total. The van der Waals surface area contributed by atoms with E-state index in [2.05, 4.69) is 13.0 Å². The summed E-state index contributed by atoms with van der Waals surface area (Å²) in [6.45, 7) is 2.76. The van der Waals surface area contributed by atoms with Crippen LogP contribution < -0.4 is 0 Å². The lowest BCUT2D eigenvalue weighted by Crippen LogP contribution is -2.06. The first kappa shape index (κ1) is 14.8. The average molecular weight is 272 g/mol. The minimum absolute atomic E-state index is 0.208. The van der Waals surface area contributed by atoms with Crippen LogP contribution in [0.4, 0.5) is 0 Å². The summed E-state index contributed by atoms with van der Waals surface area (Å²) in [4.78, 5) is 11.7. The molecule has 1 aromatic carbocycles. The fourth-order valence-electron chi connectivity index (χ4n) is 2.41. The number of hydrogen-bond donors (Lipinski definition) is 0. The number of ether oxygens (including phenoxy) is 1. The smallest absolute Gasteiger partial charge is 0.338 e. The molecule has 0 aliphatic heterocycles. The molecule has 2 rings (SSSR count). The Morgan fingerprint density at radius 2 is 2.10 bits per heavy atom. The third-order valence-electron chi connectivity index (χ3n) is 3.75. The first-order chi connectivity index (χ1) is 9.81. The lowest BCUT2D eigenvalue weighted by atomic mass is 10.2. The van der Waals surface area contributed by atoms with Crippen LogP contribution in [-0.2, 0) is 4.74 Å². The van der Waals surface area contributed by atoms with Crippen molar-refractivity contribution in [2.75, 3.05) is 6.61 Å².